The van der Waals surface area contributed by atoms with Crippen molar-refractivity contribution in [1.82, 2.24) is 5.32 Å². The van der Waals surface area contributed by atoms with E-state index in [1.807, 2.05) is 0 Å². The minimum Gasteiger partial charge on any atom is -0.394 e. The number of rotatable bonds is 77. The van der Waals surface area contributed by atoms with Gasteiger partial charge in [0.2, 0.25) is 5.91 Å². The molecule has 14 nitrogen and oxygen atoms in total. The third-order valence-corrected chi connectivity index (χ3v) is 22.1. The summed E-state index contributed by atoms with van der Waals surface area (Å²) in [6.07, 6.45) is 80.7. The van der Waals surface area contributed by atoms with Crippen LogP contribution in [0.1, 0.15) is 431 Å². The third-order valence-electron chi connectivity index (χ3n) is 22.1. The van der Waals surface area contributed by atoms with Gasteiger partial charge in [-0.3, -0.25) is 4.79 Å². The van der Waals surface area contributed by atoms with Crippen LogP contribution in [0.15, 0.2) is 36.5 Å². The maximum absolute atomic E-state index is 13.4. The first kappa shape index (κ1) is 97.3. The molecule has 608 valence electrons. The first-order valence-corrected chi connectivity index (χ1v) is 44.7. The van der Waals surface area contributed by atoms with Crippen LogP contribution in [0.4, 0.5) is 0 Å². The Kier molecular flexibility index (Phi) is 69.0. The molecule has 0 spiro atoms. The van der Waals surface area contributed by atoms with Gasteiger partial charge in [0.15, 0.2) is 12.6 Å². The number of amides is 1. The van der Waals surface area contributed by atoms with Crippen molar-refractivity contribution in [3.63, 3.8) is 0 Å². The molecule has 14 heteroatoms. The lowest BCUT2D eigenvalue weighted by atomic mass is 9.97. The van der Waals surface area contributed by atoms with Crippen LogP contribution in [-0.2, 0) is 23.7 Å². The third kappa shape index (κ3) is 55.3. The molecular formula is C89H169NO13. The summed E-state index contributed by atoms with van der Waals surface area (Å²) in [6, 6.07) is -0.830. The van der Waals surface area contributed by atoms with Crippen LogP contribution in [-0.4, -0.2) is 140 Å². The lowest BCUT2D eigenvalue weighted by Gasteiger charge is -2.46. The highest BCUT2D eigenvalue weighted by Crippen LogP contribution is 2.31. The van der Waals surface area contributed by atoms with E-state index in [0.717, 1.165) is 64.2 Å². The van der Waals surface area contributed by atoms with Gasteiger partial charge in [0, 0.05) is 6.42 Å². The molecule has 0 aromatic rings. The van der Waals surface area contributed by atoms with E-state index >= 15 is 0 Å². The number of allylic oxidation sites excluding steroid dienone is 6. The standard InChI is InChI=1S/C89H169NO13/c1-3-5-7-9-11-13-15-17-19-21-23-25-27-29-31-33-35-37-38-39-40-41-43-45-47-49-51-53-55-57-59-61-63-65-67-69-71-73-81(94)90-77(76-100-88-86(99)84(97)87(80(75-92)102-88)103-89-85(98)83(96)82(95)79(74-91)101-89)78(93)72-70-68-66-64-62-60-58-56-54-52-50-48-46-44-42-36-34-32-30-28-26-24-22-20-18-16-14-12-10-8-6-4-2/h15,17,21,23,27,29,77-80,82-89,91-93,95-99H,3-14,16,18-20,22,24-26,28,30-76H2,1-2H3,(H,90,94)/b17-15-,23-21-,29-27-. The van der Waals surface area contributed by atoms with Crippen molar-refractivity contribution in [2.75, 3.05) is 19.8 Å². The van der Waals surface area contributed by atoms with E-state index in [1.165, 1.54) is 340 Å². The van der Waals surface area contributed by atoms with E-state index in [1.54, 1.807) is 0 Å². The van der Waals surface area contributed by atoms with Gasteiger partial charge in [0.25, 0.3) is 0 Å². The fourth-order valence-electron chi connectivity index (χ4n) is 15.1. The van der Waals surface area contributed by atoms with Gasteiger partial charge in [-0.05, 0) is 51.4 Å². The molecule has 2 saturated heterocycles. The van der Waals surface area contributed by atoms with Gasteiger partial charge in [-0.1, -0.05) is 410 Å². The molecule has 2 rings (SSSR count). The number of unbranched alkanes of at least 4 members (excludes halogenated alkanes) is 58. The Morgan fingerprint density at radius 2 is 0.641 bits per heavy atom. The van der Waals surface area contributed by atoms with E-state index in [2.05, 4.69) is 55.6 Å². The minimum absolute atomic E-state index is 0.197. The largest absolute Gasteiger partial charge is 0.394 e. The second-order valence-electron chi connectivity index (χ2n) is 31.7. The normalized spacial score (nSPS) is 21.7. The van der Waals surface area contributed by atoms with Crippen molar-refractivity contribution < 1.29 is 64.6 Å². The molecule has 0 bridgehead atoms. The number of nitrogens with one attached hydrogen (secondary N) is 1. The molecule has 103 heavy (non-hydrogen) atoms. The SMILES string of the molecule is CCCCCCC/C=C\C/C=C\C/C=C\CCCCCCCCCCCCCCCCCCCCCCCCC(=O)NC(COC1OC(CO)C(OC2OC(CO)C(O)C(O)C2O)C(O)C1O)C(O)CCCCCCCCCCCCCCCCCCCCCCCCCCCCCCCCCC. The summed E-state index contributed by atoms with van der Waals surface area (Å²) in [5.74, 6) is -0.197. The number of aliphatic hydroxyl groups excluding tert-OH is 8. The molecule has 2 fully saturated rings. The average Bonchev–Trinajstić information content (AvgIpc) is 0.791. The lowest BCUT2D eigenvalue weighted by molar-refractivity contribution is -0.359. The molecule has 0 aliphatic carbocycles. The molecule has 0 aromatic carbocycles. The summed E-state index contributed by atoms with van der Waals surface area (Å²) >= 11 is 0. The topological polar surface area (TPSA) is 228 Å². The van der Waals surface area contributed by atoms with E-state index < -0.39 is 86.8 Å². The average molecular weight is 1460 g/mol. The summed E-state index contributed by atoms with van der Waals surface area (Å²) < 4.78 is 23.0. The maximum atomic E-state index is 13.4. The van der Waals surface area contributed by atoms with Crippen molar-refractivity contribution in [3.8, 4) is 0 Å². The Bertz CT molecular complexity index is 1870. The zero-order valence-corrected chi connectivity index (χ0v) is 67.1. The van der Waals surface area contributed by atoms with Crippen molar-refractivity contribution in [3.05, 3.63) is 36.5 Å². The molecule has 12 atom stereocenters. The van der Waals surface area contributed by atoms with Gasteiger partial charge in [0.1, 0.15) is 48.8 Å². The van der Waals surface area contributed by atoms with E-state index in [9.17, 15) is 45.6 Å². The maximum Gasteiger partial charge on any atom is 0.220 e. The van der Waals surface area contributed by atoms with E-state index in [-0.39, 0.29) is 12.5 Å². The Hall–Kier alpha value is -1.79. The van der Waals surface area contributed by atoms with Crippen LogP contribution in [0.3, 0.4) is 0 Å². The van der Waals surface area contributed by atoms with E-state index in [4.69, 9.17) is 18.9 Å². The predicted molar refractivity (Wildman–Crippen MR) is 429 cm³/mol. The molecule has 2 aliphatic rings. The molecular weight excluding hydrogens is 1290 g/mol. The summed E-state index contributed by atoms with van der Waals surface area (Å²) in [5, 5.41) is 88.1. The molecule has 2 heterocycles. The molecule has 9 N–H and O–H groups in total. The van der Waals surface area contributed by atoms with E-state index in [0.29, 0.717) is 12.8 Å². The lowest BCUT2D eigenvalue weighted by Crippen LogP contribution is -2.65. The highest BCUT2D eigenvalue weighted by molar-refractivity contribution is 5.76. The molecule has 1 amide bonds. The number of hydrogen-bond donors (Lipinski definition) is 9. The Morgan fingerprint density at radius 1 is 0.350 bits per heavy atom. The van der Waals surface area contributed by atoms with Crippen molar-refractivity contribution >= 4 is 5.91 Å². The number of carbonyl (C=O) groups is 1. The minimum atomic E-state index is -1.78. The zero-order chi connectivity index (χ0) is 74.4. The smallest absolute Gasteiger partial charge is 0.220 e. The van der Waals surface area contributed by atoms with Gasteiger partial charge < -0.3 is 65.1 Å². The Morgan fingerprint density at radius 3 is 0.981 bits per heavy atom. The second-order valence-corrected chi connectivity index (χ2v) is 31.7. The van der Waals surface area contributed by atoms with Gasteiger partial charge in [-0.25, -0.2) is 0 Å². The summed E-state index contributed by atoms with van der Waals surface area (Å²) in [4.78, 5) is 13.4. The summed E-state index contributed by atoms with van der Waals surface area (Å²) in [7, 11) is 0. The van der Waals surface area contributed by atoms with Crippen LogP contribution in [0, 0.1) is 0 Å². The molecule has 0 aromatic heterocycles. The van der Waals surface area contributed by atoms with Crippen LogP contribution >= 0.6 is 0 Å². The number of ether oxygens (including phenoxy) is 4. The Labute approximate surface area is 633 Å². The predicted octanol–water partition coefficient (Wildman–Crippen LogP) is 21.5. The quantitative estimate of drug-likeness (QED) is 0.0204. The first-order valence-electron chi connectivity index (χ1n) is 44.7. The monoisotopic (exact) mass is 1460 g/mol. The van der Waals surface area contributed by atoms with Crippen molar-refractivity contribution in [1.29, 1.82) is 0 Å². The van der Waals surface area contributed by atoms with Gasteiger partial charge in [-0.15, -0.1) is 0 Å². The van der Waals surface area contributed by atoms with Gasteiger partial charge in [0.05, 0.1) is 32.0 Å². The van der Waals surface area contributed by atoms with Crippen LogP contribution < -0.4 is 5.32 Å². The highest BCUT2D eigenvalue weighted by Gasteiger charge is 2.51. The zero-order valence-electron chi connectivity index (χ0n) is 67.1. The van der Waals surface area contributed by atoms with Crippen LogP contribution in [0.25, 0.3) is 0 Å². The van der Waals surface area contributed by atoms with Crippen molar-refractivity contribution in [2.24, 2.45) is 0 Å². The summed E-state index contributed by atoms with van der Waals surface area (Å²) in [6.45, 7) is 2.93. The molecule has 12 unspecified atom stereocenters. The molecule has 0 saturated carbocycles. The highest BCUT2D eigenvalue weighted by atomic mass is 16.7. The molecule has 0 radical (unpaired) electrons. The number of aliphatic hydroxyl groups is 8. The summed E-state index contributed by atoms with van der Waals surface area (Å²) in [5.41, 5.74) is 0. The van der Waals surface area contributed by atoms with Crippen molar-refractivity contribution in [2.45, 2.75) is 505 Å². The fourth-order valence-corrected chi connectivity index (χ4v) is 15.1. The van der Waals surface area contributed by atoms with Crippen LogP contribution in [0.2, 0.25) is 0 Å². The number of carbonyl (C=O) groups excluding carboxylic acids is 1. The fraction of sp³-hybridized carbons (Fsp3) is 0.921. The van der Waals surface area contributed by atoms with Crippen LogP contribution in [0.5, 0.6) is 0 Å². The van der Waals surface area contributed by atoms with Gasteiger partial charge in [-0.2, -0.15) is 0 Å². The number of hydrogen-bond acceptors (Lipinski definition) is 13. The van der Waals surface area contributed by atoms with Gasteiger partial charge >= 0.3 is 0 Å². The Balaban J connectivity index is 1.56. The first-order chi connectivity index (χ1) is 50.6. The second kappa shape index (κ2) is 73.0. The molecule has 2 aliphatic heterocycles.